The van der Waals surface area contributed by atoms with E-state index < -0.39 is 24.4 Å². The zero-order valence-corrected chi connectivity index (χ0v) is 17.2. The number of hydrogen-bond acceptors (Lipinski definition) is 6. The molecule has 1 aliphatic heterocycles. The van der Waals surface area contributed by atoms with Crippen molar-refractivity contribution in [2.75, 3.05) is 11.5 Å². The fourth-order valence-corrected chi connectivity index (χ4v) is 4.26. The zero-order chi connectivity index (χ0) is 20.5. The lowest BCUT2D eigenvalue weighted by atomic mass is 10.1. The molecule has 2 aromatic carbocycles. The molecule has 29 heavy (non-hydrogen) atoms. The number of ether oxygens (including phenoxy) is 1. The Morgan fingerprint density at radius 2 is 1.62 bits per heavy atom. The Kier molecular flexibility index (Phi) is 5.12. The topological polar surface area (TPSA) is 80.8 Å². The summed E-state index contributed by atoms with van der Waals surface area (Å²) in [5, 5.41) is 0. The third-order valence-electron chi connectivity index (χ3n) is 4.32. The first-order valence-corrected chi connectivity index (χ1v) is 10.1. The van der Waals surface area contributed by atoms with Crippen LogP contribution in [0.4, 0.5) is 5.69 Å². The molecule has 144 valence electrons. The van der Waals surface area contributed by atoms with Crippen LogP contribution in [0.15, 0.2) is 64.5 Å². The van der Waals surface area contributed by atoms with Gasteiger partial charge in [0.15, 0.2) is 6.61 Å². The zero-order valence-electron chi connectivity index (χ0n) is 14.8. The number of amides is 2. The number of imide groups is 1. The van der Waals surface area contributed by atoms with Crippen molar-refractivity contribution in [3.05, 3.63) is 86.0 Å². The SMILES string of the molecule is O=C(OCC(=O)c1ccc(Br)s1)c1cccc(N2C(=O)c3ccccc3C2=O)c1. The second-order valence-electron chi connectivity index (χ2n) is 6.14. The summed E-state index contributed by atoms with van der Waals surface area (Å²) >= 11 is 4.53. The molecule has 1 aromatic heterocycles. The van der Waals surface area contributed by atoms with Crippen molar-refractivity contribution in [2.45, 2.75) is 0 Å². The van der Waals surface area contributed by atoms with E-state index in [0.29, 0.717) is 16.0 Å². The van der Waals surface area contributed by atoms with Gasteiger partial charge in [-0.1, -0.05) is 18.2 Å². The Hall–Kier alpha value is -3.10. The van der Waals surface area contributed by atoms with E-state index in [4.69, 9.17) is 4.74 Å². The van der Waals surface area contributed by atoms with Gasteiger partial charge in [-0.05, 0) is 58.4 Å². The van der Waals surface area contributed by atoms with Crippen LogP contribution in [-0.2, 0) is 4.74 Å². The Balaban J connectivity index is 1.50. The highest BCUT2D eigenvalue weighted by atomic mass is 79.9. The maximum Gasteiger partial charge on any atom is 0.338 e. The predicted octanol–water partition coefficient (Wildman–Crippen LogP) is 4.35. The third-order valence-corrected chi connectivity index (χ3v) is 5.98. The number of esters is 1. The molecule has 0 aliphatic carbocycles. The van der Waals surface area contributed by atoms with Crippen molar-refractivity contribution in [3.63, 3.8) is 0 Å². The second kappa shape index (κ2) is 7.73. The van der Waals surface area contributed by atoms with Gasteiger partial charge in [0, 0.05) is 0 Å². The van der Waals surface area contributed by atoms with Crippen LogP contribution in [0.5, 0.6) is 0 Å². The molecule has 0 unspecified atom stereocenters. The molecular weight excluding hydrogens is 458 g/mol. The fourth-order valence-electron chi connectivity index (χ4n) is 2.95. The number of halogens is 1. The number of anilines is 1. The minimum atomic E-state index is -0.715. The maximum atomic E-state index is 12.6. The molecule has 1 aliphatic rings. The van der Waals surface area contributed by atoms with Crippen LogP contribution in [0.25, 0.3) is 0 Å². The molecule has 6 nitrogen and oxygen atoms in total. The number of fused-ring (bicyclic) bond motifs is 1. The lowest BCUT2D eigenvalue weighted by Gasteiger charge is -2.14. The Bertz CT molecular complexity index is 1130. The molecule has 0 fully saturated rings. The van der Waals surface area contributed by atoms with Gasteiger partial charge in [-0.2, -0.15) is 0 Å². The second-order valence-corrected chi connectivity index (χ2v) is 8.61. The summed E-state index contributed by atoms with van der Waals surface area (Å²) in [6.45, 7) is -0.400. The molecule has 0 N–H and O–H groups in total. The van der Waals surface area contributed by atoms with Gasteiger partial charge in [-0.3, -0.25) is 14.4 Å². The Morgan fingerprint density at radius 3 is 2.24 bits per heavy atom. The molecule has 0 radical (unpaired) electrons. The average molecular weight is 470 g/mol. The van der Waals surface area contributed by atoms with Gasteiger partial charge in [0.05, 0.1) is 31.0 Å². The van der Waals surface area contributed by atoms with Crippen LogP contribution in [0.3, 0.4) is 0 Å². The number of nitrogens with zero attached hydrogens (tertiary/aromatic N) is 1. The predicted molar refractivity (Wildman–Crippen MR) is 111 cm³/mol. The summed E-state index contributed by atoms with van der Waals surface area (Å²) in [5.41, 5.74) is 1.04. The van der Waals surface area contributed by atoms with Crippen molar-refractivity contribution in [1.29, 1.82) is 0 Å². The van der Waals surface area contributed by atoms with Crippen LogP contribution >= 0.6 is 27.3 Å². The summed E-state index contributed by atoms with van der Waals surface area (Å²) in [7, 11) is 0. The van der Waals surface area contributed by atoms with E-state index in [1.807, 2.05) is 0 Å². The van der Waals surface area contributed by atoms with E-state index in [1.54, 1.807) is 48.5 Å². The number of rotatable bonds is 5. The highest BCUT2D eigenvalue weighted by Gasteiger charge is 2.36. The fraction of sp³-hybridized carbons (Fsp3) is 0.0476. The summed E-state index contributed by atoms with van der Waals surface area (Å²) < 4.78 is 5.91. The molecule has 2 amide bonds. The number of carbonyl (C=O) groups excluding carboxylic acids is 4. The minimum absolute atomic E-state index is 0.138. The van der Waals surface area contributed by atoms with E-state index >= 15 is 0 Å². The molecule has 3 aromatic rings. The molecule has 0 bridgehead atoms. The summed E-state index contributed by atoms with van der Waals surface area (Å²) in [6.07, 6.45) is 0. The van der Waals surface area contributed by atoms with Crippen LogP contribution in [0, 0.1) is 0 Å². The molecule has 4 rings (SSSR count). The van der Waals surface area contributed by atoms with E-state index in [2.05, 4.69) is 15.9 Å². The van der Waals surface area contributed by atoms with E-state index in [9.17, 15) is 19.2 Å². The quantitative estimate of drug-likeness (QED) is 0.315. The van der Waals surface area contributed by atoms with Gasteiger partial charge >= 0.3 is 5.97 Å². The summed E-state index contributed by atoms with van der Waals surface area (Å²) in [5.74, 6) is -1.93. The number of thiophene rings is 1. The van der Waals surface area contributed by atoms with Gasteiger partial charge in [0.1, 0.15) is 0 Å². The van der Waals surface area contributed by atoms with Crippen molar-refractivity contribution in [1.82, 2.24) is 0 Å². The standard InChI is InChI=1S/C21H12BrNO5S/c22-18-9-8-17(29-18)16(24)11-28-21(27)12-4-3-5-13(10-12)23-19(25)14-6-1-2-7-15(14)20(23)26/h1-10H,11H2. The molecule has 2 heterocycles. The van der Waals surface area contributed by atoms with Crippen molar-refractivity contribution < 1.29 is 23.9 Å². The first-order chi connectivity index (χ1) is 14.0. The first kappa shape index (κ1) is 19.2. The largest absolute Gasteiger partial charge is 0.454 e. The van der Waals surface area contributed by atoms with Crippen LogP contribution < -0.4 is 4.90 Å². The normalized spacial score (nSPS) is 12.8. The molecule has 8 heteroatoms. The Morgan fingerprint density at radius 1 is 0.931 bits per heavy atom. The van der Waals surface area contributed by atoms with Gasteiger partial charge in [0.25, 0.3) is 11.8 Å². The molecular formula is C21H12BrNO5S. The molecule has 0 saturated carbocycles. The van der Waals surface area contributed by atoms with Crippen molar-refractivity contribution >= 4 is 56.5 Å². The summed E-state index contributed by atoms with van der Waals surface area (Å²) in [4.78, 5) is 51.2. The van der Waals surface area contributed by atoms with Gasteiger partial charge < -0.3 is 4.74 Å². The lowest BCUT2D eigenvalue weighted by molar-refractivity contribution is 0.0475. The first-order valence-electron chi connectivity index (χ1n) is 8.49. The highest BCUT2D eigenvalue weighted by Crippen LogP contribution is 2.29. The highest BCUT2D eigenvalue weighted by molar-refractivity contribution is 9.11. The van der Waals surface area contributed by atoms with E-state index in [1.165, 1.54) is 23.5 Å². The van der Waals surface area contributed by atoms with Gasteiger partial charge in [-0.25, -0.2) is 9.69 Å². The molecule has 0 atom stereocenters. The summed E-state index contributed by atoms with van der Waals surface area (Å²) in [6, 6.07) is 15.9. The number of carbonyl (C=O) groups is 4. The monoisotopic (exact) mass is 469 g/mol. The number of benzene rings is 2. The Labute approximate surface area is 177 Å². The molecule has 0 saturated heterocycles. The van der Waals surface area contributed by atoms with E-state index in [-0.39, 0.29) is 17.0 Å². The number of hydrogen-bond donors (Lipinski definition) is 0. The lowest BCUT2D eigenvalue weighted by Crippen LogP contribution is -2.29. The average Bonchev–Trinajstić information content (AvgIpc) is 3.28. The smallest absolute Gasteiger partial charge is 0.338 e. The van der Waals surface area contributed by atoms with Crippen LogP contribution in [0.2, 0.25) is 0 Å². The third kappa shape index (κ3) is 3.64. The van der Waals surface area contributed by atoms with Gasteiger partial charge in [0.2, 0.25) is 5.78 Å². The minimum Gasteiger partial charge on any atom is -0.454 e. The van der Waals surface area contributed by atoms with Crippen molar-refractivity contribution in [3.8, 4) is 0 Å². The molecule has 0 spiro atoms. The maximum absolute atomic E-state index is 12.6. The number of Topliss-reactive ketones (excluding diaryl/α,β-unsaturated/α-hetero) is 1. The van der Waals surface area contributed by atoms with Crippen molar-refractivity contribution in [2.24, 2.45) is 0 Å². The van der Waals surface area contributed by atoms with Gasteiger partial charge in [-0.15, -0.1) is 11.3 Å². The van der Waals surface area contributed by atoms with Crippen LogP contribution in [0.1, 0.15) is 40.7 Å². The van der Waals surface area contributed by atoms with E-state index in [0.717, 1.165) is 8.69 Å². The van der Waals surface area contributed by atoms with Crippen LogP contribution in [-0.4, -0.2) is 30.2 Å². The number of ketones is 1.